The first-order chi connectivity index (χ1) is 2.94. The summed E-state index contributed by atoms with van der Waals surface area (Å²) in [7, 11) is 0. The number of hydrogen-bond donors (Lipinski definition) is 0. The van der Waals surface area contributed by atoms with Crippen molar-refractivity contribution in [3.63, 3.8) is 0 Å². The maximum Gasteiger partial charge on any atom is 2.00 e. The fourth-order valence-electron chi connectivity index (χ4n) is 0. The Morgan fingerprint density at radius 2 is 1.62 bits per heavy atom. The molecule has 7 heteroatoms. The summed E-state index contributed by atoms with van der Waals surface area (Å²) in [4.78, 5) is 0. The molecule has 0 saturated carbocycles. The molecule has 1 unspecified atom stereocenters. The van der Waals surface area contributed by atoms with Crippen molar-refractivity contribution in [2.75, 3.05) is 0 Å². The van der Waals surface area contributed by atoms with Crippen molar-refractivity contribution in [1.29, 1.82) is 0 Å². The van der Waals surface area contributed by atoms with Crippen molar-refractivity contribution in [1.82, 2.24) is 0 Å². The monoisotopic (exact) mass is 159 g/mol. The Morgan fingerprint density at radius 1 is 1.50 bits per heavy atom. The van der Waals surface area contributed by atoms with Gasteiger partial charge >= 0.3 is 28.6 Å². The smallest absolute Gasteiger partial charge is 1.00 e. The van der Waals surface area contributed by atoms with E-state index in [1.807, 2.05) is 0 Å². The molecular formula is CH2F3MgO2S-. The zero-order chi connectivity index (χ0) is 6.08. The Kier molecular flexibility index (Phi) is 5.22. The second-order valence-corrected chi connectivity index (χ2v) is 1.61. The van der Waals surface area contributed by atoms with Crippen LogP contribution in [-0.4, -0.2) is 37.3 Å². The molecule has 0 heterocycles. The van der Waals surface area contributed by atoms with Gasteiger partial charge in [-0.1, -0.05) is 0 Å². The van der Waals surface area contributed by atoms with Gasteiger partial charge in [-0.05, 0) is 0 Å². The van der Waals surface area contributed by atoms with Gasteiger partial charge in [0.1, 0.15) is 0 Å². The van der Waals surface area contributed by atoms with Crippen LogP contribution in [0.2, 0.25) is 0 Å². The predicted molar refractivity (Wildman–Crippen MR) is 23.0 cm³/mol. The molecule has 0 aromatic heterocycles. The van der Waals surface area contributed by atoms with E-state index < -0.39 is 16.6 Å². The van der Waals surface area contributed by atoms with Gasteiger partial charge in [0, 0.05) is 0 Å². The van der Waals surface area contributed by atoms with E-state index in [4.69, 9.17) is 8.76 Å². The predicted octanol–water partition coefficient (Wildman–Crippen LogP) is 0.230. The molecule has 8 heavy (non-hydrogen) atoms. The van der Waals surface area contributed by atoms with E-state index >= 15 is 0 Å². The maximum absolute atomic E-state index is 10.6. The third kappa shape index (κ3) is 4.82. The number of halogens is 3. The van der Waals surface area contributed by atoms with Gasteiger partial charge in [-0.15, -0.1) is 0 Å². The van der Waals surface area contributed by atoms with Crippen molar-refractivity contribution in [3.8, 4) is 0 Å². The third-order valence-electron chi connectivity index (χ3n) is 0.189. The van der Waals surface area contributed by atoms with Crippen LogP contribution in [-0.2, 0) is 11.1 Å². The fraction of sp³-hybridized carbons (Fsp3) is 1.00. The van der Waals surface area contributed by atoms with E-state index in [2.05, 4.69) is 0 Å². The summed E-state index contributed by atoms with van der Waals surface area (Å²) >= 11 is -3.93. The van der Waals surface area contributed by atoms with Gasteiger partial charge in [0.15, 0.2) is 0 Å². The van der Waals surface area contributed by atoms with Crippen LogP contribution in [0, 0.1) is 0 Å². The quantitative estimate of drug-likeness (QED) is 0.375. The van der Waals surface area contributed by atoms with E-state index in [0.29, 0.717) is 0 Å². The maximum atomic E-state index is 10.6. The van der Waals surface area contributed by atoms with Crippen LogP contribution in [0.5, 0.6) is 0 Å². The van der Waals surface area contributed by atoms with Crippen LogP contribution in [0.1, 0.15) is 2.85 Å². The molecule has 48 valence electrons. The Labute approximate surface area is 64.9 Å². The minimum absolute atomic E-state index is 0. The van der Waals surface area contributed by atoms with Crippen molar-refractivity contribution < 1.29 is 24.8 Å². The van der Waals surface area contributed by atoms with E-state index in [-0.39, 0.29) is 25.9 Å². The number of alkyl halides is 3. The summed E-state index contributed by atoms with van der Waals surface area (Å²) in [6, 6.07) is 0. The van der Waals surface area contributed by atoms with Crippen LogP contribution in [0.4, 0.5) is 13.2 Å². The van der Waals surface area contributed by atoms with Gasteiger partial charge in [-0.3, -0.25) is 4.21 Å². The Bertz CT molecular complexity index is 97.0. The van der Waals surface area contributed by atoms with Crippen LogP contribution in [0.3, 0.4) is 0 Å². The van der Waals surface area contributed by atoms with Crippen LogP contribution < -0.4 is 0 Å². The molecule has 0 bridgehead atoms. The van der Waals surface area contributed by atoms with Crippen molar-refractivity contribution in [2.45, 2.75) is 5.51 Å². The van der Waals surface area contributed by atoms with Gasteiger partial charge in [0.25, 0.3) is 0 Å². The molecule has 0 radical (unpaired) electrons. The summed E-state index contributed by atoms with van der Waals surface area (Å²) in [5.41, 5.74) is -5.08. The molecule has 0 rings (SSSR count). The third-order valence-corrected chi connectivity index (χ3v) is 0.567. The molecular weight excluding hydrogens is 157 g/mol. The number of rotatable bonds is 0. The summed E-state index contributed by atoms with van der Waals surface area (Å²) in [5, 5.41) is 0. The molecule has 0 aliphatic rings. The molecule has 0 N–H and O–H groups in total. The summed E-state index contributed by atoms with van der Waals surface area (Å²) in [6.07, 6.45) is 0. The average molecular weight is 159 g/mol. The topological polar surface area (TPSA) is 40.1 Å². The summed E-state index contributed by atoms with van der Waals surface area (Å²) in [5.74, 6) is 0. The summed E-state index contributed by atoms with van der Waals surface area (Å²) in [6.45, 7) is 0. The minimum atomic E-state index is -5.08. The standard InChI is InChI=1S/CHF3O2S.Mg.2H/c2-1(3,4)7(5)6;;;/h(H,5,6);;;/q;+2;2*-1/p-1. The first kappa shape index (κ1) is 11.5. The van der Waals surface area contributed by atoms with Crippen molar-refractivity contribution in [2.24, 2.45) is 0 Å². The summed E-state index contributed by atoms with van der Waals surface area (Å²) < 4.78 is 49.5. The Hall–Kier alpha value is 0.666. The first-order valence-electron chi connectivity index (χ1n) is 1.10. The second kappa shape index (κ2) is 3.65. The second-order valence-electron chi connectivity index (χ2n) is 0.680. The first-order valence-corrected chi connectivity index (χ1v) is 2.18. The van der Waals surface area contributed by atoms with Crippen molar-refractivity contribution >= 4 is 34.1 Å². The Balaban J connectivity index is -0.0000000600. The molecule has 0 fully saturated rings. The molecule has 0 aromatic rings. The fourth-order valence-corrected chi connectivity index (χ4v) is 0. The molecule has 1 atom stereocenters. The van der Waals surface area contributed by atoms with Gasteiger partial charge in [-0.25, -0.2) is 0 Å². The van der Waals surface area contributed by atoms with Gasteiger partial charge < -0.3 is 7.41 Å². The molecule has 2 nitrogen and oxygen atoms in total. The van der Waals surface area contributed by atoms with E-state index in [1.165, 1.54) is 0 Å². The molecule has 0 amide bonds. The normalized spacial score (nSPS) is 14.5. The van der Waals surface area contributed by atoms with Crippen LogP contribution in [0.15, 0.2) is 0 Å². The minimum Gasteiger partial charge on any atom is -1.00 e. The van der Waals surface area contributed by atoms with Gasteiger partial charge in [0.05, 0.1) is 11.1 Å². The van der Waals surface area contributed by atoms with E-state index in [9.17, 15) is 13.2 Å². The zero-order valence-electron chi connectivity index (χ0n) is 5.57. The molecule has 0 aliphatic heterocycles. The molecule has 0 spiro atoms. The zero-order valence-corrected chi connectivity index (χ0v) is 5.80. The largest absolute Gasteiger partial charge is 2.00 e. The Morgan fingerprint density at radius 3 is 1.62 bits per heavy atom. The molecule has 0 aromatic carbocycles. The average Bonchev–Trinajstić information content (AvgIpc) is 1.31. The van der Waals surface area contributed by atoms with Gasteiger partial charge in [0.2, 0.25) is 0 Å². The molecule has 0 saturated heterocycles. The van der Waals surface area contributed by atoms with E-state index in [1.54, 1.807) is 0 Å². The SMILES string of the molecule is O=S([O-])C(F)(F)F.[H-].[H-].[Mg+2]. The van der Waals surface area contributed by atoms with E-state index in [0.717, 1.165) is 0 Å². The van der Waals surface area contributed by atoms with Crippen molar-refractivity contribution in [3.05, 3.63) is 0 Å². The van der Waals surface area contributed by atoms with Gasteiger partial charge in [-0.2, -0.15) is 13.2 Å². The van der Waals surface area contributed by atoms with Crippen LogP contribution >= 0.6 is 0 Å². The number of hydrogen-bond acceptors (Lipinski definition) is 2. The molecule has 0 aliphatic carbocycles. The van der Waals surface area contributed by atoms with Crippen LogP contribution in [0.25, 0.3) is 0 Å².